The average Bonchev–Trinajstić information content (AvgIpc) is 2.64. The van der Waals surface area contributed by atoms with Crippen LogP contribution in [-0.2, 0) is 11.8 Å². The van der Waals surface area contributed by atoms with Crippen LogP contribution in [-0.4, -0.2) is 23.1 Å². The number of fused-ring (bicyclic) bond motifs is 1. The van der Waals surface area contributed by atoms with Gasteiger partial charge in [-0.05, 0) is 33.0 Å². The van der Waals surface area contributed by atoms with Crippen LogP contribution < -0.4 is 16.4 Å². The minimum Gasteiger partial charge on any atom is -0.408 e. The van der Waals surface area contributed by atoms with Gasteiger partial charge in [0, 0.05) is 18.8 Å². The third-order valence-electron chi connectivity index (χ3n) is 3.24. The lowest BCUT2D eigenvalue weighted by atomic mass is 10.1. The Morgan fingerprint density at radius 2 is 2.05 bits per heavy atom. The van der Waals surface area contributed by atoms with Crippen LogP contribution in [0, 0.1) is 0 Å². The summed E-state index contributed by atoms with van der Waals surface area (Å²) in [4.78, 5) is 23.4. The number of hydrogen-bond donors (Lipinski definition) is 2. The molecule has 0 saturated heterocycles. The molecule has 0 aliphatic rings. The number of carbonyl (C=O) groups excluding carboxylic acids is 1. The maximum atomic E-state index is 12.0. The van der Waals surface area contributed by atoms with Gasteiger partial charge in [0.2, 0.25) is 5.91 Å². The molecule has 0 atom stereocenters. The summed E-state index contributed by atoms with van der Waals surface area (Å²) in [5, 5.41) is 5.70. The van der Waals surface area contributed by atoms with Crippen LogP contribution in [0.1, 0.15) is 13.8 Å². The van der Waals surface area contributed by atoms with Gasteiger partial charge in [-0.2, -0.15) is 0 Å². The largest absolute Gasteiger partial charge is 0.419 e. The second-order valence-corrected chi connectivity index (χ2v) is 4.94. The number of amides is 1. The number of oxazole rings is 1. The van der Waals surface area contributed by atoms with Gasteiger partial charge in [-0.15, -0.1) is 0 Å². The van der Waals surface area contributed by atoms with E-state index >= 15 is 0 Å². The predicted octanol–water partition coefficient (Wildman–Crippen LogP) is 1.07. The lowest BCUT2D eigenvalue weighted by molar-refractivity contribution is -0.121. The molecule has 2 rings (SSSR count). The predicted molar refractivity (Wildman–Crippen MR) is 73.2 cm³/mol. The average molecular weight is 263 g/mol. The lowest BCUT2D eigenvalue weighted by Crippen LogP contribution is -2.47. The van der Waals surface area contributed by atoms with Gasteiger partial charge >= 0.3 is 5.76 Å². The van der Waals surface area contributed by atoms with Crippen LogP contribution in [0.3, 0.4) is 0 Å². The minimum atomic E-state index is -0.674. The van der Waals surface area contributed by atoms with E-state index in [0.29, 0.717) is 16.8 Å². The van der Waals surface area contributed by atoms with Gasteiger partial charge in [-0.3, -0.25) is 9.36 Å². The summed E-state index contributed by atoms with van der Waals surface area (Å²) in [5.41, 5.74) is 1.06. The summed E-state index contributed by atoms with van der Waals surface area (Å²) in [7, 11) is 3.36. The monoisotopic (exact) mass is 263 g/mol. The zero-order valence-corrected chi connectivity index (χ0v) is 11.4. The van der Waals surface area contributed by atoms with E-state index in [4.69, 9.17) is 4.42 Å². The van der Waals surface area contributed by atoms with E-state index in [9.17, 15) is 9.59 Å². The van der Waals surface area contributed by atoms with Crippen molar-refractivity contribution in [2.75, 3.05) is 12.4 Å². The molecule has 1 aromatic carbocycles. The number of anilines is 1. The molecule has 1 aromatic heterocycles. The van der Waals surface area contributed by atoms with Gasteiger partial charge in [0.15, 0.2) is 5.58 Å². The Balaban J connectivity index is 2.32. The summed E-state index contributed by atoms with van der Waals surface area (Å²) in [6.07, 6.45) is 0. The summed E-state index contributed by atoms with van der Waals surface area (Å²) < 4.78 is 6.49. The van der Waals surface area contributed by atoms with Crippen LogP contribution in [0.15, 0.2) is 27.4 Å². The summed E-state index contributed by atoms with van der Waals surface area (Å²) >= 11 is 0. The van der Waals surface area contributed by atoms with Gasteiger partial charge in [0.1, 0.15) is 0 Å². The van der Waals surface area contributed by atoms with Gasteiger partial charge < -0.3 is 15.1 Å². The number of nitrogens with zero attached hydrogens (tertiary/aromatic N) is 1. The Kier molecular flexibility index (Phi) is 3.20. The summed E-state index contributed by atoms with van der Waals surface area (Å²) in [6, 6.07) is 5.11. The Labute approximate surface area is 110 Å². The zero-order valence-electron chi connectivity index (χ0n) is 11.4. The van der Waals surface area contributed by atoms with Gasteiger partial charge in [0.05, 0.1) is 11.1 Å². The van der Waals surface area contributed by atoms with E-state index < -0.39 is 11.3 Å². The van der Waals surface area contributed by atoms with E-state index in [2.05, 4.69) is 10.6 Å². The highest BCUT2D eigenvalue weighted by atomic mass is 16.4. The minimum absolute atomic E-state index is 0.160. The van der Waals surface area contributed by atoms with E-state index in [1.54, 1.807) is 46.1 Å². The number of aryl methyl sites for hydroxylation is 1. The van der Waals surface area contributed by atoms with E-state index in [1.165, 1.54) is 4.57 Å². The normalized spacial score (nSPS) is 11.8. The molecule has 1 heterocycles. The number of carbonyl (C=O) groups is 1. The highest BCUT2D eigenvalue weighted by molar-refractivity contribution is 5.98. The maximum Gasteiger partial charge on any atom is 0.419 e. The fourth-order valence-electron chi connectivity index (χ4n) is 1.61. The number of aromatic nitrogens is 1. The smallest absolute Gasteiger partial charge is 0.408 e. The second kappa shape index (κ2) is 4.55. The van der Waals surface area contributed by atoms with Crippen molar-refractivity contribution in [1.29, 1.82) is 0 Å². The standard InChI is InChI=1S/C13H17N3O3/c1-13(2,14-3)11(17)15-8-5-6-9-10(7-8)19-12(18)16(9)4/h5-7,14H,1-4H3,(H,15,17). The van der Waals surface area contributed by atoms with Crippen LogP contribution in [0.4, 0.5) is 5.69 Å². The molecular formula is C13H17N3O3. The Morgan fingerprint density at radius 3 is 2.68 bits per heavy atom. The van der Waals surface area contributed by atoms with Crippen LogP contribution >= 0.6 is 0 Å². The van der Waals surface area contributed by atoms with Gasteiger partial charge in [0.25, 0.3) is 0 Å². The van der Waals surface area contributed by atoms with Gasteiger partial charge in [-0.1, -0.05) is 0 Å². The molecule has 0 saturated carbocycles. The van der Waals surface area contributed by atoms with Crippen LogP contribution in [0.5, 0.6) is 0 Å². The van der Waals surface area contributed by atoms with Gasteiger partial charge in [-0.25, -0.2) is 4.79 Å². The quantitative estimate of drug-likeness (QED) is 0.868. The third kappa shape index (κ3) is 2.39. The molecule has 0 aliphatic heterocycles. The molecule has 19 heavy (non-hydrogen) atoms. The Hall–Kier alpha value is -2.08. The maximum absolute atomic E-state index is 12.0. The Bertz CT molecular complexity index is 682. The van der Waals surface area contributed by atoms with Crippen molar-refractivity contribution in [3.05, 3.63) is 28.7 Å². The van der Waals surface area contributed by atoms with Crippen molar-refractivity contribution in [3.63, 3.8) is 0 Å². The fraction of sp³-hybridized carbons (Fsp3) is 0.385. The molecule has 1 amide bonds. The topological polar surface area (TPSA) is 76.3 Å². The molecule has 6 heteroatoms. The molecule has 0 unspecified atom stereocenters. The first kappa shape index (κ1) is 13.4. The van der Waals surface area contributed by atoms with Crippen molar-refractivity contribution in [3.8, 4) is 0 Å². The number of benzene rings is 1. The summed E-state index contributed by atoms with van der Waals surface area (Å²) in [5.74, 6) is -0.582. The lowest BCUT2D eigenvalue weighted by Gasteiger charge is -2.22. The zero-order chi connectivity index (χ0) is 14.2. The van der Waals surface area contributed by atoms with Crippen molar-refractivity contribution < 1.29 is 9.21 Å². The van der Waals surface area contributed by atoms with E-state index in [1.807, 2.05) is 0 Å². The molecule has 6 nitrogen and oxygen atoms in total. The van der Waals surface area contributed by atoms with Crippen LogP contribution in [0.2, 0.25) is 0 Å². The molecule has 2 N–H and O–H groups in total. The third-order valence-corrected chi connectivity index (χ3v) is 3.24. The molecule has 0 aliphatic carbocycles. The number of nitrogens with one attached hydrogen (secondary N) is 2. The molecule has 0 spiro atoms. The molecule has 0 fully saturated rings. The molecular weight excluding hydrogens is 246 g/mol. The van der Waals surface area contributed by atoms with Crippen molar-refractivity contribution in [1.82, 2.24) is 9.88 Å². The SMILES string of the molecule is CNC(C)(C)C(=O)Nc1ccc2c(c1)oc(=O)n2C. The van der Waals surface area contributed by atoms with Crippen molar-refractivity contribution in [2.45, 2.75) is 19.4 Å². The molecule has 0 radical (unpaired) electrons. The molecule has 2 aromatic rings. The molecule has 0 bridgehead atoms. The highest BCUT2D eigenvalue weighted by Crippen LogP contribution is 2.18. The van der Waals surface area contributed by atoms with Crippen molar-refractivity contribution >= 4 is 22.7 Å². The van der Waals surface area contributed by atoms with Crippen LogP contribution in [0.25, 0.3) is 11.1 Å². The second-order valence-electron chi connectivity index (χ2n) is 4.94. The number of hydrogen-bond acceptors (Lipinski definition) is 4. The molecule has 102 valence electrons. The first-order chi connectivity index (χ1) is 8.85. The number of likely N-dealkylation sites (N-methyl/N-ethyl adjacent to an activating group) is 1. The van der Waals surface area contributed by atoms with E-state index in [0.717, 1.165) is 0 Å². The fourth-order valence-corrected chi connectivity index (χ4v) is 1.61. The van der Waals surface area contributed by atoms with Crippen molar-refractivity contribution in [2.24, 2.45) is 7.05 Å². The first-order valence-electron chi connectivity index (χ1n) is 5.95. The highest BCUT2D eigenvalue weighted by Gasteiger charge is 2.25. The first-order valence-corrected chi connectivity index (χ1v) is 5.95. The number of rotatable bonds is 3. The summed E-state index contributed by atoms with van der Waals surface area (Å²) in [6.45, 7) is 3.56. The Morgan fingerprint density at radius 1 is 1.37 bits per heavy atom. The van der Waals surface area contributed by atoms with E-state index in [-0.39, 0.29) is 5.91 Å².